The molecule has 0 unspecified atom stereocenters. The van der Waals surface area contributed by atoms with Crippen LogP contribution in [-0.4, -0.2) is 35.5 Å². The maximum atomic E-state index is 2.54. The second-order valence-corrected chi connectivity index (χ2v) is 8.66. The number of fused-ring (bicyclic) bond motifs is 2. The number of likely N-dealkylation sites (N-methyl/N-ethyl adjacent to an activating group) is 1. The van der Waals surface area contributed by atoms with Crippen LogP contribution < -0.4 is 0 Å². The van der Waals surface area contributed by atoms with Gasteiger partial charge in [-0.2, -0.15) is 0 Å². The molecule has 2 heteroatoms. The summed E-state index contributed by atoms with van der Waals surface area (Å²) in [6.45, 7) is 17.1. The molecule has 2 aliphatic heterocycles. The van der Waals surface area contributed by atoms with Crippen LogP contribution in [0.2, 0.25) is 0 Å². The molecule has 152 valence electrons. The van der Waals surface area contributed by atoms with Crippen molar-refractivity contribution >= 4 is 0 Å². The third-order valence-electron chi connectivity index (χ3n) is 6.35. The van der Waals surface area contributed by atoms with E-state index in [0.29, 0.717) is 6.04 Å². The zero-order valence-electron chi connectivity index (χ0n) is 18.6. The molecule has 4 rings (SSSR count). The van der Waals surface area contributed by atoms with Crippen LogP contribution in [0.1, 0.15) is 61.1 Å². The monoisotopic (exact) mass is 378 g/mol. The second-order valence-electron chi connectivity index (χ2n) is 8.66. The Hall–Kier alpha value is -1.64. The first kappa shape index (κ1) is 21.1. The average molecular weight is 379 g/mol. The molecule has 0 bridgehead atoms. The molecule has 0 saturated heterocycles. The van der Waals surface area contributed by atoms with Gasteiger partial charge in [0.05, 0.1) is 0 Å². The Labute approximate surface area is 172 Å². The Morgan fingerprint density at radius 1 is 0.821 bits per heavy atom. The summed E-state index contributed by atoms with van der Waals surface area (Å²) in [6.07, 6.45) is 3.60. The Bertz CT molecular complexity index is 778. The van der Waals surface area contributed by atoms with Crippen molar-refractivity contribution in [2.45, 2.75) is 73.0 Å². The molecule has 2 aromatic rings. The number of hydrogen-bond acceptors (Lipinski definition) is 2. The number of aryl methyl sites for hydroxylation is 2. The summed E-state index contributed by atoms with van der Waals surface area (Å²) in [7, 11) is 0. The Balaban J connectivity index is 0.000000161. The highest BCUT2D eigenvalue weighted by molar-refractivity contribution is 5.34. The third kappa shape index (κ3) is 5.24. The van der Waals surface area contributed by atoms with E-state index in [4.69, 9.17) is 0 Å². The average Bonchev–Trinajstić information content (AvgIpc) is 2.72. The van der Waals surface area contributed by atoms with Crippen molar-refractivity contribution in [2.75, 3.05) is 19.6 Å². The minimum Gasteiger partial charge on any atom is -0.299 e. The summed E-state index contributed by atoms with van der Waals surface area (Å²) in [5, 5.41) is 0. The largest absolute Gasteiger partial charge is 0.299 e. The van der Waals surface area contributed by atoms with E-state index in [1.165, 1.54) is 49.2 Å². The molecular weight excluding hydrogens is 340 g/mol. The van der Waals surface area contributed by atoms with Crippen LogP contribution >= 0.6 is 0 Å². The number of benzene rings is 2. The molecule has 0 saturated carbocycles. The zero-order valence-corrected chi connectivity index (χ0v) is 18.6. The summed E-state index contributed by atoms with van der Waals surface area (Å²) in [5.41, 5.74) is 9.05. The van der Waals surface area contributed by atoms with E-state index in [-0.39, 0.29) is 0 Å². The Morgan fingerprint density at radius 2 is 1.50 bits per heavy atom. The summed E-state index contributed by atoms with van der Waals surface area (Å²) < 4.78 is 0. The highest BCUT2D eigenvalue weighted by Crippen LogP contribution is 2.22. The number of rotatable bonds is 3. The molecule has 28 heavy (non-hydrogen) atoms. The van der Waals surface area contributed by atoms with Crippen LogP contribution in [0.15, 0.2) is 36.4 Å². The lowest BCUT2D eigenvalue weighted by Gasteiger charge is -2.32. The van der Waals surface area contributed by atoms with Gasteiger partial charge in [0, 0.05) is 32.2 Å². The van der Waals surface area contributed by atoms with Gasteiger partial charge in [0.15, 0.2) is 0 Å². The first-order chi connectivity index (χ1) is 13.5. The molecule has 2 heterocycles. The van der Waals surface area contributed by atoms with E-state index in [1.807, 2.05) is 0 Å². The molecule has 2 aromatic carbocycles. The van der Waals surface area contributed by atoms with Crippen LogP contribution in [0.4, 0.5) is 0 Å². The number of nitrogens with zero attached hydrogens (tertiary/aromatic N) is 2. The van der Waals surface area contributed by atoms with Gasteiger partial charge in [-0.3, -0.25) is 9.80 Å². The van der Waals surface area contributed by atoms with Crippen LogP contribution in [-0.2, 0) is 32.4 Å². The maximum absolute atomic E-state index is 2.54. The van der Waals surface area contributed by atoms with Crippen LogP contribution in [0.3, 0.4) is 0 Å². The smallest absolute Gasteiger partial charge is 0.0239 e. The van der Waals surface area contributed by atoms with Crippen molar-refractivity contribution in [2.24, 2.45) is 0 Å². The van der Waals surface area contributed by atoms with E-state index in [1.54, 1.807) is 16.7 Å². The molecule has 2 aliphatic rings. The summed E-state index contributed by atoms with van der Waals surface area (Å²) in [5.74, 6) is 0. The number of hydrogen-bond donors (Lipinski definition) is 0. The van der Waals surface area contributed by atoms with E-state index >= 15 is 0 Å². The van der Waals surface area contributed by atoms with Gasteiger partial charge in [-0.05, 0) is 74.4 Å². The van der Waals surface area contributed by atoms with Gasteiger partial charge in [-0.1, -0.05) is 55.8 Å². The van der Waals surface area contributed by atoms with Gasteiger partial charge < -0.3 is 0 Å². The van der Waals surface area contributed by atoms with Gasteiger partial charge in [-0.15, -0.1) is 0 Å². The molecule has 2 nitrogen and oxygen atoms in total. The van der Waals surface area contributed by atoms with Gasteiger partial charge in [0.25, 0.3) is 0 Å². The van der Waals surface area contributed by atoms with Crippen molar-refractivity contribution in [1.82, 2.24) is 9.80 Å². The van der Waals surface area contributed by atoms with E-state index in [0.717, 1.165) is 19.5 Å². The lowest BCUT2D eigenvalue weighted by atomic mass is 9.97. The van der Waals surface area contributed by atoms with Crippen LogP contribution in [0.5, 0.6) is 0 Å². The zero-order chi connectivity index (χ0) is 20.1. The fraction of sp³-hybridized carbons (Fsp3) is 0.538. The van der Waals surface area contributed by atoms with E-state index < -0.39 is 0 Å². The second kappa shape index (κ2) is 9.71. The fourth-order valence-corrected chi connectivity index (χ4v) is 4.31. The van der Waals surface area contributed by atoms with Crippen molar-refractivity contribution in [3.05, 3.63) is 69.8 Å². The standard InChI is InChI=1S/2C13H19N/c1-10(2)14-7-6-12-5-4-11(3)8-13(12)9-14;1-3-11-5-6-12-7-8-14(4-2)10-13(12)9-11/h4-5,8,10H,6-7,9H2,1-3H3;5-6,9H,3-4,7-8,10H2,1-2H3. The maximum Gasteiger partial charge on any atom is 0.0239 e. The van der Waals surface area contributed by atoms with Crippen LogP contribution in [0.25, 0.3) is 0 Å². The topological polar surface area (TPSA) is 6.48 Å². The van der Waals surface area contributed by atoms with E-state index in [9.17, 15) is 0 Å². The van der Waals surface area contributed by atoms with Crippen molar-refractivity contribution < 1.29 is 0 Å². The Kier molecular flexibility index (Phi) is 7.31. The molecule has 0 aromatic heterocycles. The summed E-state index contributed by atoms with van der Waals surface area (Å²) >= 11 is 0. The molecular formula is C26H38N2. The lowest BCUT2D eigenvalue weighted by molar-refractivity contribution is 0.203. The predicted octanol–water partition coefficient (Wildman–Crippen LogP) is 5.39. The SMILES string of the molecule is CCc1ccc2c(c1)CN(CC)CC2.Cc1ccc2c(c1)CN(C(C)C)CC2. The predicted molar refractivity (Wildman–Crippen MR) is 121 cm³/mol. The highest BCUT2D eigenvalue weighted by atomic mass is 15.1. The first-order valence-corrected chi connectivity index (χ1v) is 11.2. The fourth-order valence-electron chi connectivity index (χ4n) is 4.31. The summed E-state index contributed by atoms with van der Waals surface area (Å²) in [6, 6.07) is 14.5. The molecule has 0 N–H and O–H groups in total. The van der Waals surface area contributed by atoms with Gasteiger partial charge in [-0.25, -0.2) is 0 Å². The minimum absolute atomic E-state index is 0.670. The lowest BCUT2D eigenvalue weighted by Crippen LogP contribution is -2.35. The molecule has 0 aliphatic carbocycles. The van der Waals surface area contributed by atoms with Crippen molar-refractivity contribution in [3.8, 4) is 0 Å². The third-order valence-corrected chi connectivity index (χ3v) is 6.35. The molecule has 0 spiro atoms. The van der Waals surface area contributed by atoms with E-state index in [2.05, 4.69) is 80.8 Å². The minimum atomic E-state index is 0.670. The van der Waals surface area contributed by atoms with Gasteiger partial charge in [0.2, 0.25) is 0 Å². The van der Waals surface area contributed by atoms with Gasteiger partial charge >= 0.3 is 0 Å². The normalized spacial score (nSPS) is 16.9. The molecule has 0 atom stereocenters. The first-order valence-electron chi connectivity index (χ1n) is 11.2. The highest BCUT2D eigenvalue weighted by Gasteiger charge is 2.17. The van der Waals surface area contributed by atoms with Crippen molar-refractivity contribution in [1.29, 1.82) is 0 Å². The quantitative estimate of drug-likeness (QED) is 0.707. The van der Waals surface area contributed by atoms with Crippen molar-refractivity contribution in [3.63, 3.8) is 0 Å². The van der Waals surface area contributed by atoms with Crippen LogP contribution in [0, 0.1) is 6.92 Å². The molecule has 0 amide bonds. The van der Waals surface area contributed by atoms with Gasteiger partial charge in [0.1, 0.15) is 0 Å². The molecule has 0 fully saturated rings. The Morgan fingerprint density at radius 3 is 2.18 bits per heavy atom. The summed E-state index contributed by atoms with van der Waals surface area (Å²) in [4.78, 5) is 5.06. The molecule has 0 radical (unpaired) electrons.